The minimum absolute atomic E-state index is 0.311. The summed E-state index contributed by atoms with van der Waals surface area (Å²) in [5, 5.41) is 1.25. The maximum absolute atomic E-state index is 15.3. The minimum atomic E-state index is -4.55. The Labute approximate surface area is 219 Å². The fourth-order valence-corrected chi connectivity index (χ4v) is 4.25. The summed E-state index contributed by atoms with van der Waals surface area (Å²) in [5.41, 5.74) is 2.98. The first-order valence-electron chi connectivity index (χ1n) is 12.7. The lowest BCUT2D eigenvalue weighted by molar-refractivity contribution is -0.153. The molecule has 0 saturated heterocycles. The number of hydrogen-bond donors (Lipinski definition) is 0. The molecule has 0 spiro atoms. The molecular formula is C31H29F5O2. The molecule has 0 atom stereocenters. The van der Waals surface area contributed by atoms with Gasteiger partial charge in [0.15, 0.2) is 18.2 Å². The van der Waals surface area contributed by atoms with Gasteiger partial charge >= 0.3 is 6.18 Å². The Balaban J connectivity index is 1.41. The summed E-state index contributed by atoms with van der Waals surface area (Å²) in [7, 11) is 0. The SMILES string of the molecule is CCCCCOc1ccc(-c2ccc3c(F)c(CCc4ccc(OCC(F)(F)F)c(F)c4)ccc3c2)cc1. The van der Waals surface area contributed by atoms with E-state index in [2.05, 4.69) is 11.7 Å². The first-order valence-corrected chi connectivity index (χ1v) is 12.7. The molecule has 0 aromatic heterocycles. The van der Waals surface area contributed by atoms with Crippen LogP contribution in [0.1, 0.15) is 37.3 Å². The van der Waals surface area contributed by atoms with Gasteiger partial charge in [0.25, 0.3) is 0 Å². The van der Waals surface area contributed by atoms with Crippen molar-refractivity contribution in [2.75, 3.05) is 13.2 Å². The van der Waals surface area contributed by atoms with Crippen LogP contribution >= 0.6 is 0 Å². The van der Waals surface area contributed by atoms with Gasteiger partial charge in [-0.05, 0) is 77.2 Å². The Morgan fingerprint density at radius 2 is 1.50 bits per heavy atom. The first-order chi connectivity index (χ1) is 18.2. The lowest BCUT2D eigenvalue weighted by atomic mass is 9.97. The molecule has 0 heterocycles. The van der Waals surface area contributed by atoms with Gasteiger partial charge in [0.05, 0.1) is 6.61 Å². The average molecular weight is 529 g/mol. The van der Waals surface area contributed by atoms with Gasteiger partial charge < -0.3 is 9.47 Å². The third-order valence-electron chi connectivity index (χ3n) is 6.31. The number of fused-ring (bicyclic) bond motifs is 1. The third kappa shape index (κ3) is 7.24. The molecule has 2 nitrogen and oxygen atoms in total. The molecule has 0 aliphatic rings. The van der Waals surface area contributed by atoms with Gasteiger partial charge in [0, 0.05) is 5.39 Å². The van der Waals surface area contributed by atoms with Crippen LogP contribution < -0.4 is 9.47 Å². The minimum Gasteiger partial charge on any atom is -0.494 e. The molecule has 0 aliphatic heterocycles. The van der Waals surface area contributed by atoms with Crippen LogP contribution in [0.3, 0.4) is 0 Å². The standard InChI is InChI=1S/C31H29F5O2/c1-2-3-4-17-37-26-13-10-22(11-14-26)24-12-15-27-25(19-24)9-8-23(30(27)33)7-5-21-6-16-29(28(32)18-21)38-20-31(34,35)36/h6,8-16,18-19H,2-5,7,17,20H2,1H3. The van der Waals surface area contributed by atoms with E-state index in [4.69, 9.17) is 4.74 Å². The number of rotatable bonds is 11. The summed E-state index contributed by atoms with van der Waals surface area (Å²) in [5.74, 6) is -0.859. The van der Waals surface area contributed by atoms with Crippen LogP contribution in [0.5, 0.6) is 11.5 Å². The van der Waals surface area contributed by atoms with Gasteiger partial charge in [-0.25, -0.2) is 8.78 Å². The van der Waals surface area contributed by atoms with E-state index in [-0.39, 0.29) is 5.82 Å². The van der Waals surface area contributed by atoms with Crippen LogP contribution in [-0.2, 0) is 12.8 Å². The average Bonchev–Trinajstić information content (AvgIpc) is 2.90. The molecule has 0 amide bonds. The van der Waals surface area contributed by atoms with Gasteiger partial charge in [-0.1, -0.05) is 62.2 Å². The third-order valence-corrected chi connectivity index (χ3v) is 6.31. The summed E-state index contributed by atoms with van der Waals surface area (Å²) >= 11 is 0. The highest BCUT2D eigenvalue weighted by atomic mass is 19.4. The van der Waals surface area contributed by atoms with E-state index >= 15 is 4.39 Å². The lowest BCUT2D eigenvalue weighted by Crippen LogP contribution is -2.19. The van der Waals surface area contributed by atoms with E-state index in [0.717, 1.165) is 47.6 Å². The van der Waals surface area contributed by atoms with Crippen LogP contribution in [0.15, 0.2) is 72.8 Å². The zero-order valence-corrected chi connectivity index (χ0v) is 21.1. The fourth-order valence-electron chi connectivity index (χ4n) is 4.25. The molecule has 0 fully saturated rings. The molecule has 7 heteroatoms. The molecule has 0 N–H and O–H groups in total. The Kier molecular flexibility index (Phi) is 8.87. The highest BCUT2D eigenvalue weighted by Crippen LogP contribution is 2.30. The summed E-state index contributed by atoms with van der Waals surface area (Å²) in [6, 6.07) is 20.8. The van der Waals surface area contributed by atoms with Crippen LogP contribution in [0.4, 0.5) is 22.0 Å². The largest absolute Gasteiger partial charge is 0.494 e. The number of ether oxygens (including phenoxy) is 2. The van der Waals surface area contributed by atoms with Gasteiger partial charge in [0.2, 0.25) is 0 Å². The van der Waals surface area contributed by atoms with E-state index in [1.807, 2.05) is 42.5 Å². The van der Waals surface area contributed by atoms with E-state index in [9.17, 15) is 17.6 Å². The molecular weight excluding hydrogens is 499 g/mol. The molecule has 0 aliphatic carbocycles. The predicted molar refractivity (Wildman–Crippen MR) is 140 cm³/mol. The molecule has 0 saturated carbocycles. The summed E-state index contributed by atoms with van der Waals surface area (Å²) < 4.78 is 76.6. The number of alkyl halides is 3. The van der Waals surface area contributed by atoms with Crippen LogP contribution in [0.25, 0.3) is 21.9 Å². The second kappa shape index (κ2) is 12.3. The van der Waals surface area contributed by atoms with E-state index in [1.54, 1.807) is 12.1 Å². The Hall–Kier alpha value is -3.61. The zero-order valence-electron chi connectivity index (χ0n) is 21.1. The summed E-state index contributed by atoms with van der Waals surface area (Å²) in [4.78, 5) is 0. The Bertz CT molecular complexity index is 1360. The van der Waals surface area contributed by atoms with Gasteiger partial charge in [-0.3, -0.25) is 0 Å². The first kappa shape index (κ1) is 27.4. The number of aryl methyl sites for hydroxylation is 2. The maximum atomic E-state index is 15.3. The zero-order chi connectivity index (χ0) is 27.1. The highest BCUT2D eigenvalue weighted by Gasteiger charge is 2.29. The summed E-state index contributed by atoms with van der Waals surface area (Å²) in [6.45, 7) is 1.28. The monoisotopic (exact) mass is 528 g/mol. The molecule has 4 rings (SSSR count). The highest BCUT2D eigenvalue weighted by molar-refractivity contribution is 5.88. The normalized spacial score (nSPS) is 11.6. The van der Waals surface area contributed by atoms with E-state index < -0.39 is 24.3 Å². The maximum Gasteiger partial charge on any atom is 0.422 e. The van der Waals surface area contributed by atoms with Gasteiger partial charge in [-0.2, -0.15) is 13.2 Å². The number of halogens is 5. The number of hydrogen-bond acceptors (Lipinski definition) is 2. The van der Waals surface area contributed by atoms with Crippen molar-refractivity contribution >= 4 is 10.8 Å². The molecule has 0 unspecified atom stereocenters. The van der Waals surface area contributed by atoms with Crippen molar-refractivity contribution in [2.45, 2.75) is 45.2 Å². The summed E-state index contributed by atoms with van der Waals surface area (Å²) in [6.07, 6.45) is -0.600. The topological polar surface area (TPSA) is 18.5 Å². The van der Waals surface area contributed by atoms with Crippen molar-refractivity contribution < 1.29 is 31.4 Å². The van der Waals surface area contributed by atoms with Crippen LogP contribution in [-0.4, -0.2) is 19.4 Å². The second-order valence-electron chi connectivity index (χ2n) is 9.22. The molecule has 4 aromatic rings. The van der Waals surface area contributed by atoms with Crippen molar-refractivity contribution in [3.63, 3.8) is 0 Å². The van der Waals surface area contributed by atoms with E-state index in [0.29, 0.717) is 36.0 Å². The lowest BCUT2D eigenvalue weighted by Gasteiger charge is -2.12. The van der Waals surface area contributed by atoms with Crippen molar-refractivity contribution in [1.29, 1.82) is 0 Å². The molecule has 38 heavy (non-hydrogen) atoms. The smallest absolute Gasteiger partial charge is 0.422 e. The van der Waals surface area contributed by atoms with Crippen LogP contribution in [0.2, 0.25) is 0 Å². The molecule has 4 aromatic carbocycles. The molecule has 0 radical (unpaired) electrons. The Morgan fingerprint density at radius 1 is 0.737 bits per heavy atom. The molecule has 0 bridgehead atoms. The van der Waals surface area contributed by atoms with Gasteiger partial charge in [0.1, 0.15) is 11.6 Å². The second-order valence-corrected chi connectivity index (χ2v) is 9.22. The fraction of sp³-hybridized carbons (Fsp3) is 0.290. The van der Waals surface area contributed by atoms with Crippen molar-refractivity contribution in [3.05, 3.63) is 95.6 Å². The predicted octanol–water partition coefficient (Wildman–Crippen LogP) is 9.08. The Morgan fingerprint density at radius 3 is 2.21 bits per heavy atom. The number of benzene rings is 4. The van der Waals surface area contributed by atoms with Crippen molar-refractivity contribution in [2.24, 2.45) is 0 Å². The number of unbranched alkanes of at least 4 members (excludes halogenated alkanes) is 2. The molecule has 200 valence electrons. The van der Waals surface area contributed by atoms with Crippen molar-refractivity contribution in [1.82, 2.24) is 0 Å². The quantitative estimate of drug-likeness (QED) is 0.143. The van der Waals surface area contributed by atoms with Crippen LogP contribution in [0, 0.1) is 11.6 Å². The van der Waals surface area contributed by atoms with E-state index in [1.165, 1.54) is 12.1 Å². The van der Waals surface area contributed by atoms with Crippen molar-refractivity contribution in [3.8, 4) is 22.6 Å². The van der Waals surface area contributed by atoms with Gasteiger partial charge in [-0.15, -0.1) is 0 Å².